The third kappa shape index (κ3) is 5.77. The molecule has 0 fully saturated rings. The zero-order valence-corrected chi connectivity index (χ0v) is 17.0. The van der Waals surface area contributed by atoms with E-state index in [9.17, 15) is 14.4 Å². The lowest BCUT2D eigenvalue weighted by Crippen LogP contribution is -2.47. The number of hydrogen-bond acceptors (Lipinski definition) is 8. The molecule has 0 aliphatic carbocycles. The van der Waals surface area contributed by atoms with Gasteiger partial charge in [-0.3, -0.25) is 4.79 Å². The molecule has 0 aliphatic heterocycles. The molecule has 1 N–H and O–H groups in total. The molecule has 156 valence electrons. The Hall–Kier alpha value is -2.97. The Bertz CT molecular complexity index is 678. The van der Waals surface area contributed by atoms with Crippen LogP contribution in [0.5, 0.6) is 17.2 Å². The smallest absolute Gasteiger partial charge is 0.338 e. The number of methoxy groups -OCH3 is 4. The van der Waals surface area contributed by atoms with Crippen LogP contribution in [0.2, 0.25) is 0 Å². The van der Waals surface area contributed by atoms with Crippen molar-refractivity contribution in [1.29, 1.82) is 0 Å². The van der Waals surface area contributed by atoms with Crippen LogP contribution < -0.4 is 19.5 Å². The van der Waals surface area contributed by atoms with Gasteiger partial charge in [0.25, 0.3) is 5.91 Å². The lowest BCUT2D eigenvalue weighted by atomic mass is 9.99. The Labute approximate surface area is 164 Å². The Morgan fingerprint density at radius 1 is 1.00 bits per heavy atom. The second-order valence-corrected chi connectivity index (χ2v) is 5.94. The Kier molecular flexibility index (Phi) is 9.07. The van der Waals surface area contributed by atoms with Gasteiger partial charge < -0.3 is 29.0 Å². The van der Waals surface area contributed by atoms with Crippen LogP contribution in [0.3, 0.4) is 0 Å². The molecule has 0 radical (unpaired) electrons. The van der Waals surface area contributed by atoms with E-state index in [1.54, 1.807) is 0 Å². The van der Waals surface area contributed by atoms with Crippen LogP contribution in [0, 0.1) is 5.92 Å². The van der Waals surface area contributed by atoms with Crippen LogP contribution >= 0.6 is 0 Å². The minimum Gasteiger partial charge on any atom is -0.493 e. The van der Waals surface area contributed by atoms with E-state index in [0.717, 1.165) is 0 Å². The van der Waals surface area contributed by atoms with Gasteiger partial charge in [0.2, 0.25) is 5.75 Å². The lowest BCUT2D eigenvalue weighted by molar-refractivity contribution is -0.147. The molecule has 0 spiro atoms. The molecule has 1 rings (SSSR count). The molecule has 0 bridgehead atoms. The van der Waals surface area contributed by atoms with Gasteiger partial charge in [0.15, 0.2) is 18.1 Å². The summed E-state index contributed by atoms with van der Waals surface area (Å²) in [6.07, 6.45) is 0.658. The third-order valence-corrected chi connectivity index (χ3v) is 4.22. The summed E-state index contributed by atoms with van der Waals surface area (Å²) in [5.74, 6) is -1.18. The van der Waals surface area contributed by atoms with Crippen molar-refractivity contribution < 1.29 is 38.1 Å². The van der Waals surface area contributed by atoms with Gasteiger partial charge in [-0.25, -0.2) is 9.59 Å². The molecular formula is C19H27NO8. The first-order chi connectivity index (χ1) is 13.3. The minimum absolute atomic E-state index is 0.119. The van der Waals surface area contributed by atoms with Crippen LogP contribution in [0.25, 0.3) is 0 Å². The largest absolute Gasteiger partial charge is 0.493 e. The molecular weight excluding hydrogens is 370 g/mol. The first kappa shape index (κ1) is 23.1. The number of esters is 2. The first-order valence-electron chi connectivity index (χ1n) is 8.67. The molecule has 0 heterocycles. The molecule has 1 aromatic carbocycles. The second kappa shape index (κ2) is 11.0. The third-order valence-electron chi connectivity index (χ3n) is 4.22. The van der Waals surface area contributed by atoms with Crippen molar-refractivity contribution in [2.24, 2.45) is 5.92 Å². The number of benzene rings is 1. The summed E-state index contributed by atoms with van der Waals surface area (Å²) >= 11 is 0. The minimum atomic E-state index is -0.817. The standard InChI is InChI=1S/C19H27NO8/c1-7-11(2)16(19(23)27-6)20-15(21)10-28-18(22)12-8-13(24-3)17(26-5)14(9-12)25-4/h8-9,11,16H,7,10H2,1-6H3,(H,20,21)/t11-,16-/m0/s1. The highest BCUT2D eigenvalue weighted by Gasteiger charge is 2.27. The van der Waals surface area contributed by atoms with E-state index in [1.807, 2.05) is 13.8 Å². The lowest BCUT2D eigenvalue weighted by Gasteiger charge is -2.21. The maximum atomic E-state index is 12.3. The summed E-state index contributed by atoms with van der Waals surface area (Å²) in [6, 6.07) is 2.01. The summed E-state index contributed by atoms with van der Waals surface area (Å²) in [5, 5.41) is 2.53. The molecule has 1 aromatic rings. The average Bonchev–Trinajstić information content (AvgIpc) is 2.73. The zero-order chi connectivity index (χ0) is 21.3. The predicted molar refractivity (Wildman–Crippen MR) is 99.8 cm³/mol. The second-order valence-electron chi connectivity index (χ2n) is 5.94. The summed E-state index contributed by atoms with van der Waals surface area (Å²) in [4.78, 5) is 36.2. The van der Waals surface area contributed by atoms with Crippen LogP contribution in [0.1, 0.15) is 30.6 Å². The number of ether oxygens (including phenoxy) is 5. The van der Waals surface area contributed by atoms with Crippen LogP contribution in [-0.2, 0) is 19.1 Å². The molecule has 9 nitrogen and oxygen atoms in total. The van der Waals surface area contributed by atoms with Gasteiger partial charge in [-0.2, -0.15) is 0 Å². The van der Waals surface area contributed by atoms with Gasteiger partial charge in [-0.1, -0.05) is 20.3 Å². The molecule has 28 heavy (non-hydrogen) atoms. The van der Waals surface area contributed by atoms with E-state index < -0.39 is 30.5 Å². The average molecular weight is 397 g/mol. The van der Waals surface area contributed by atoms with Gasteiger partial charge in [-0.15, -0.1) is 0 Å². The number of rotatable bonds is 10. The highest BCUT2D eigenvalue weighted by Crippen LogP contribution is 2.38. The van der Waals surface area contributed by atoms with Crippen molar-refractivity contribution in [2.75, 3.05) is 35.0 Å². The van der Waals surface area contributed by atoms with E-state index in [1.165, 1.54) is 40.6 Å². The maximum Gasteiger partial charge on any atom is 0.338 e. The number of hydrogen-bond donors (Lipinski definition) is 1. The Morgan fingerprint density at radius 3 is 2.00 bits per heavy atom. The van der Waals surface area contributed by atoms with Gasteiger partial charge in [-0.05, 0) is 18.1 Å². The monoisotopic (exact) mass is 397 g/mol. The quantitative estimate of drug-likeness (QED) is 0.593. The molecule has 0 saturated carbocycles. The summed E-state index contributed by atoms with van der Waals surface area (Å²) in [5.41, 5.74) is 0.119. The number of carbonyl (C=O) groups excluding carboxylic acids is 3. The fourth-order valence-corrected chi connectivity index (χ4v) is 2.42. The Balaban J connectivity index is 2.83. The molecule has 9 heteroatoms. The van der Waals surface area contributed by atoms with E-state index in [-0.39, 0.29) is 23.0 Å². The van der Waals surface area contributed by atoms with Crippen LogP contribution in [0.4, 0.5) is 0 Å². The normalized spacial score (nSPS) is 12.4. The molecule has 0 aliphatic rings. The van der Waals surface area contributed by atoms with E-state index in [2.05, 4.69) is 5.32 Å². The van der Waals surface area contributed by atoms with Crippen molar-refractivity contribution in [2.45, 2.75) is 26.3 Å². The highest BCUT2D eigenvalue weighted by molar-refractivity contribution is 5.93. The van der Waals surface area contributed by atoms with E-state index >= 15 is 0 Å². The van der Waals surface area contributed by atoms with Crippen molar-refractivity contribution in [3.05, 3.63) is 17.7 Å². The molecule has 2 atom stereocenters. The Morgan fingerprint density at radius 2 is 1.57 bits per heavy atom. The molecule has 0 aromatic heterocycles. The number of carbonyl (C=O) groups is 3. The fraction of sp³-hybridized carbons (Fsp3) is 0.526. The first-order valence-corrected chi connectivity index (χ1v) is 8.67. The predicted octanol–water partition coefficient (Wildman–Crippen LogP) is 1.57. The SMILES string of the molecule is CC[C@H](C)[C@H](NC(=O)COC(=O)c1cc(OC)c(OC)c(OC)c1)C(=O)OC. The summed E-state index contributed by atoms with van der Waals surface area (Å²) in [7, 11) is 5.52. The highest BCUT2D eigenvalue weighted by atomic mass is 16.5. The zero-order valence-electron chi connectivity index (χ0n) is 17.0. The van der Waals surface area contributed by atoms with Crippen LogP contribution in [-0.4, -0.2) is 58.9 Å². The van der Waals surface area contributed by atoms with Crippen molar-refractivity contribution in [3.63, 3.8) is 0 Å². The van der Waals surface area contributed by atoms with Gasteiger partial charge in [0.05, 0.1) is 34.0 Å². The number of nitrogens with one attached hydrogen (secondary N) is 1. The summed E-state index contributed by atoms with van der Waals surface area (Å²) < 4.78 is 25.3. The van der Waals surface area contributed by atoms with Crippen molar-refractivity contribution in [3.8, 4) is 17.2 Å². The van der Waals surface area contributed by atoms with Crippen molar-refractivity contribution in [1.82, 2.24) is 5.32 Å². The van der Waals surface area contributed by atoms with Crippen molar-refractivity contribution >= 4 is 17.8 Å². The van der Waals surface area contributed by atoms with Crippen LogP contribution in [0.15, 0.2) is 12.1 Å². The van der Waals surface area contributed by atoms with E-state index in [0.29, 0.717) is 12.2 Å². The fourth-order valence-electron chi connectivity index (χ4n) is 2.42. The molecule has 1 amide bonds. The molecule has 0 unspecified atom stereocenters. The number of amides is 1. The molecule has 0 saturated heterocycles. The van der Waals surface area contributed by atoms with Gasteiger partial charge in [0.1, 0.15) is 6.04 Å². The summed E-state index contributed by atoms with van der Waals surface area (Å²) in [6.45, 7) is 3.14. The maximum absolute atomic E-state index is 12.3. The van der Waals surface area contributed by atoms with Gasteiger partial charge >= 0.3 is 11.9 Å². The van der Waals surface area contributed by atoms with Gasteiger partial charge in [0, 0.05) is 0 Å². The topological polar surface area (TPSA) is 109 Å². The van der Waals surface area contributed by atoms with E-state index in [4.69, 9.17) is 23.7 Å².